The molecule has 212 valence electrons. The van der Waals surface area contributed by atoms with E-state index in [1.807, 2.05) is 48.5 Å². The van der Waals surface area contributed by atoms with Crippen molar-refractivity contribution in [1.29, 1.82) is 0 Å². The summed E-state index contributed by atoms with van der Waals surface area (Å²) in [5.74, 6) is -0.930. The van der Waals surface area contributed by atoms with E-state index in [0.717, 1.165) is 36.1 Å². The Morgan fingerprint density at radius 3 is 2.51 bits per heavy atom. The summed E-state index contributed by atoms with van der Waals surface area (Å²) in [6, 6.07) is 15.4. The fraction of sp³-hybridized carbons (Fsp3) is 0.533. The molecule has 0 unspecified atom stereocenters. The number of carboxylic acid groups (broad SMARTS) is 1. The monoisotopic (exact) mass is 540 g/mol. The number of amides is 1. The number of nitrogens with one attached hydrogen (secondary N) is 1. The quantitative estimate of drug-likeness (QED) is 0.279. The Hall–Kier alpha value is -2.82. The number of hydrogen-bond donors (Lipinski definition) is 4. The standard InChI is InChI=1S/C30H40N2O7/c33-19-21-11-13-22(14-12-21)27-17-26(18-32-15-5-8-25(32)20-34)38-30(39-27)23-6-4-7-24(16-23)31-28(35)9-2-1-3-10-29(36)37/h4,6-7,11-14,16,25-27,30,33-34H,1-3,5,8-10,15,17-20H2,(H,31,35)(H,36,37)/t25-,26+,27-,30-/m0/s1. The van der Waals surface area contributed by atoms with Gasteiger partial charge in [-0.3, -0.25) is 14.5 Å². The summed E-state index contributed by atoms with van der Waals surface area (Å²) in [5.41, 5.74) is 3.31. The molecule has 4 rings (SSSR count). The molecule has 1 amide bonds. The van der Waals surface area contributed by atoms with Crippen molar-refractivity contribution in [2.75, 3.05) is 25.0 Å². The van der Waals surface area contributed by atoms with Gasteiger partial charge in [0.05, 0.1) is 25.4 Å². The van der Waals surface area contributed by atoms with Gasteiger partial charge < -0.3 is 30.1 Å². The average molecular weight is 541 g/mol. The van der Waals surface area contributed by atoms with Gasteiger partial charge in [0.2, 0.25) is 5.91 Å². The van der Waals surface area contributed by atoms with Crippen LogP contribution in [0.3, 0.4) is 0 Å². The van der Waals surface area contributed by atoms with Crippen LogP contribution in [0.25, 0.3) is 0 Å². The highest BCUT2D eigenvalue weighted by Crippen LogP contribution is 2.39. The van der Waals surface area contributed by atoms with E-state index < -0.39 is 12.3 Å². The molecule has 9 nitrogen and oxygen atoms in total. The summed E-state index contributed by atoms with van der Waals surface area (Å²) in [6.07, 6.45) is 4.11. The molecule has 9 heteroatoms. The van der Waals surface area contributed by atoms with E-state index in [-0.39, 0.29) is 43.8 Å². The summed E-state index contributed by atoms with van der Waals surface area (Å²) >= 11 is 0. The third-order valence-corrected chi connectivity index (χ3v) is 7.50. The molecule has 4 atom stereocenters. The molecule has 2 saturated heterocycles. The minimum absolute atomic E-state index is 0.0154. The average Bonchev–Trinajstić information content (AvgIpc) is 3.39. The lowest BCUT2D eigenvalue weighted by atomic mass is 9.99. The molecular formula is C30H40N2O7. The van der Waals surface area contributed by atoms with Crippen molar-refractivity contribution in [1.82, 2.24) is 4.90 Å². The van der Waals surface area contributed by atoms with Crippen LogP contribution in [0.1, 0.15) is 80.5 Å². The van der Waals surface area contributed by atoms with Gasteiger partial charge in [0.1, 0.15) is 0 Å². The Bertz CT molecular complexity index is 1080. The Kier molecular flexibility index (Phi) is 10.9. The van der Waals surface area contributed by atoms with Crippen LogP contribution in [0, 0.1) is 0 Å². The van der Waals surface area contributed by atoms with Gasteiger partial charge in [-0.1, -0.05) is 42.8 Å². The van der Waals surface area contributed by atoms with Crippen molar-refractivity contribution in [3.8, 4) is 0 Å². The summed E-state index contributed by atoms with van der Waals surface area (Å²) in [4.78, 5) is 25.4. The van der Waals surface area contributed by atoms with E-state index in [9.17, 15) is 19.8 Å². The van der Waals surface area contributed by atoms with E-state index in [2.05, 4.69) is 10.2 Å². The van der Waals surface area contributed by atoms with Crippen molar-refractivity contribution >= 4 is 17.6 Å². The number of aliphatic hydroxyl groups excluding tert-OH is 2. The van der Waals surface area contributed by atoms with Crippen molar-refractivity contribution in [3.05, 3.63) is 65.2 Å². The third kappa shape index (κ3) is 8.58. The highest BCUT2D eigenvalue weighted by atomic mass is 16.7. The van der Waals surface area contributed by atoms with Gasteiger partial charge in [-0.15, -0.1) is 0 Å². The summed E-state index contributed by atoms with van der Waals surface area (Å²) < 4.78 is 12.9. The molecule has 2 aromatic carbocycles. The van der Waals surface area contributed by atoms with Crippen molar-refractivity contribution in [2.24, 2.45) is 0 Å². The maximum Gasteiger partial charge on any atom is 0.303 e. The second-order valence-corrected chi connectivity index (χ2v) is 10.5. The zero-order valence-corrected chi connectivity index (χ0v) is 22.3. The van der Waals surface area contributed by atoms with Crippen LogP contribution in [0.4, 0.5) is 5.69 Å². The SMILES string of the molecule is O=C(O)CCCCCC(=O)Nc1cccc([C@H]2O[C@@H](CN3CCC[C@H]3CO)C[C@@H](c3ccc(CO)cc3)O2)c1. The number of aliphatic hydroxyl groups is 2. The van der Waals surface area contributed by atoms with Gasteiger partial charge in [-0.2, -0.15) is 0 Å². The highest BCUT2D eigenvalue weighted by molar-refractivity contribution is 5.90. The topological polar surface area (TPSA) is 129 Å². The Morgan fingerprint density at radius 2 is 1.77 bits per heavy atom. The molecule has 0 aromatic heterocycles. The lowest BCUT2D eigenvalue weighted by molar-refractivity contribution is -0.253. The van der Waals surface area contributed by atoms with Crippen LogP contribution in [0.15, 0.2) is 48.5 Å². The van der Waals surface area contributed by atoms with Crippen LogP contribution in [0.5, 0.6) is 0 Å². The van der Waals surface area contributed by atoms with Crippen LogP contribution in [-0.2, 0) is 25.7 Å². The number of carbonyl (C=O) groups is 2. The molecule has 4 N–H and O–H groups in total. The van der Waals surface area contributed by atoms with Gasteiger partial charge in [-0.25, -0.2) is 0 Å². The smallest absolute Gasteiger partial charge is 0.303 e. The molecular weight excluding hydrogens is 500 g/mol. The number of likely N-dealkylation sites (tertiary alicyclic amines) is 1. The molecule has 2 heterocycles. The third-order valence-electron chi connectivity index (χ3n) is 7.50. The lowest BCUT2D eigenvalue weighted by Gasteiger charge is -2.38. The number of anilines is 1. The van der Waals surface area contributed by atoms with Crippen LogP contribution >= 0.6 is 0 Å². The highest BCUT2D eigenvalue weighted by Gasteiger charge is 2.35. The predicted molar refractivity (Wildman–Crippen MR) is 146 cm³/mol. The number of carbonyl (C=O) groups excluding carboxylic acids is 1. The van der Waals surface area contributed by atoms with Crippen LogP contribution in [0.2, 0.25) is 0 Å². The molecule has 0 saturated carbocycles. The Labute approximate surface area is 229 Å². The molecule has 2 aliphatic heterocycles. The zero-order chi connectivity index (χ0) is 27.6. The van der Waals surface area contributed by atoms with E-state index >= 15 is 0 Å². The van der Waals surface area contributed by atoms with Gasteiger partial charge in [-0.05, 0) is 55.5 Å². The molecule has 0 bridgehead atoms. The Balaban J connectivity index is 1.43. The van der Waals surface area contributed by atoms with Crippen molar-refractivity contribution < 1.29 is 34.4 Å². The second-order valence-electron chi connectivity index (χ2n) is 10.5. The zero-order valence-electron chi connectivity index (χ0n) is 22.3. The van der Waals surface area contributed by atoms with E-state index in [4.69, 9.17) is 14.6 Å². The van der Waals surface area contributed by atoms with E-state index in [1.165, 1.54) is 0 Å². The first kappa shape index (κ1) is 29.2. The first-order valence-corrected chi connectivity index (χ1v) is 13.9. The van der Waals surface area contributed by atoms with E-state index in [1.54, 1.807) is 0 Å². The molecule has 2 fully saturated rings. The molecule has 2 aromatic rings. The maximum atomic E-state index is 12.5. The molecule has 0 aliphatic carbocycles. The van der Waals surface area contributed by atoms with Crippen molar-refractivity contribution in [2.45, 2.75) is 82.5 Å². The fourth-order valence-corrected chi connectivity index (χ4v) is 5.36. The number of hydrogen-bond acceptors (Lipinski definition) is 7. The lowest BCUT2D eigenvalue weighted by Crippen LogP contribution is -2.42. The van der Waals surface area contributed by atoms with Gasteiger partial charge in [0, 0.05) is 43.1 Å². The molecule has 39 heavy (non-hydrogen) atoms. The molecule has 0 radical (unpaired) electrons. The number of rotatable bonds is 13. The normalized spacial score (nSPS) is 23.5. The summed E-state index contributed by atoms with van der Waals surface area (Å²) in [6.45, 7) is 1.76. The Morgan fingerprint density at radius 1 is 0.974 bits per heavy atom. The first-order chi connectivity index (χ1) is 18.9. The van der Waals surface area contributed by atoms with Gasteiger partial charge in [0.25, 0.3) is 0 Å². The minimum Gasteiger partial charge on any atom is -0.481 e. The van der Waals surface area contributed by atoms with Crippen LogP contribution in [-0.4, -0.2) is 63.9 Å². The number of carboxylic acids is 1. The molecule has 2 aliphatic rings. The number of benzene rings is 2. The fourth-order valence-electron chi connectivity index (χ4n) is 5.36. The second kappa shape index (κ2) is 14.5. The number of ether oxygens (including phenoxy) is 2. The maximum absolute atomic E-state index is 12.5. The van der Waals surface area contributed by atoms with Crippen molar-refractivity contribution in [3.63, 3.8) is 0 Å². The number of aliphatic carboxylic acids is 1. The minimum atomic E-state index is -0.816. The number of unbranched alkanes of at least 4 members (excludes halogenated alkanes) is 2. The number of nitrogens with zero attached hydrogens (tertiary/aromatic N) is 1. The molecule has 0 spiro atoms. The van der Waals surface area contributed by atoms with Gasteiger partial charge >= 0.3 is 5.97 Å². The van der Waals surface area contributed by atoms with E-state index in [0.29, 0.717) is 44.3 Å². The predicted octanol–water partition coefficient (Wildman–Crippen LogP) is 4.15. The largest absolute Gasteiger partial charge is 0.481 e. The summed E-state index contributed by atoms with van der Waals surface area (Å²) in [5, 5.41) is 30.9. The first-order valence-electron chi connectivity index (χ1n) is 13.9. The van der Waals surface area contributed by atoms with Gasteiger partial charge in [0.15, 0.2) is 6.29 Å². The van der Waals surface area contributed by atoms with Crippen LogP contribution < -0.4 is 5.32 Å². The summed E-state index contributed by atoms with van der Waals surface area (Å²) in [7, 11) is 0.